The summed E-state index contributed by atoms with van der Waals surface area (Å²) in [5.74, 6) is 0. The average Bonchev–Trinajstić information content (AvgIpc) is 2.26. The molecule has 0 saturated carbocycles. The standard InChI is InChI=1S/C12H15N3O/c1-2-4-12(16)8-15(9-12)11-3-5-14-10(6-11)7-13/h3,5-6,16H,2,4,8-9H2,1H3. The molecule has 1 aromatic rings. The van der Waals surface area contributed by atoms with E-state index in [0.717, 1.165) is 18.5 Å². The molecule has 0 radical (unpaired) electrons. The average molecular weight is 217 g/mol. The molecule has 2 rings (SSSR count). The second-order valence-electron chi connectivity index (χ2n) is 4.34. The Balaban J connectivity index is 2.04. The van der Waals surface area contributed by atoms with Crippen LogP contribution in [0.5, 0.6) is 0 Å². The van der Waals surface area contributed by atoms with Crippen molar-refractivity contribution in [1.29, 1.82) is 5.26 Å². The van der Waals surface area contributed by atoms with Gasteiger partial charge in [-0.15, -0.1) is 0 Å². The minimum Gasteiger partial charge on any atom is -0.386 e. The van der Waals surface area contributed by atoms with Crippen LogP contribution in [0.25, 0.3) is 0 Å². The van der Waals surface area contributed by atoms with Gasteiger partial charge < -0.3 is 10.0 Å². The van der Waals surface area contributed by atoms with E-state index in [1.54, 1.807) is 12.3 Å². The summed E-state index contributed by atoms with van der Waals surface area (Å²) in [7, 11) is 0. The van der Waals surface area contributed by atoms with Crippen LogP contribution < -0.4 is 4.90 Å². The molecule has 1 aliphatic rings. The van der Waals surface area contributed by atoms with Gasteiger partial charge in [0.1, 0.15) is 11.8 Å². The van der Waals surface area contributed by atoms with Gasteiger partial charge >= 0.3 is 0 Å². The number of pyridine rings is 1. The van der Waals surface area contributed by atoms with Crippen molar-refractivity contribution in [1.82, 2.24) is 4.98 Å². The van der Waals surface area contributed by atoms with Gasteiger partial charge in [-0.3, -0.25) is 0 Å². The predicted molar refractivity (Wildman–Crippen MR) is 61.0 cm³/mol. The number of nitrogens with zero attached hydrogens (tertiary/aromatic N) is 3. The maximum Gasteiger partial charge on any atom is 0.142 e. The second kappa shape index (κ2) is 4.11. The smallest absolute Gasteiger partial charge is 0.142 e. The molecule has 84 valence electrons. The van der Waals surface area contributed by atoms with Crippen molar-refractivity contribution in [2.24, 2.45) is 0 Å². The van der Waals surface area contributed by atoms with E-state index in [9.17, 15) is 5.11 Å². The monoisotopic (exact) mass is 217 g/mol. The third kappa shape index (κ3) is 2.00. The van der Waals surface area contributed by atoms with Crippen molar-refractivity contribution in [3.63, 3.8) is 0 Å². The maximum absolute atomic E-state index is 10.0. The Morgan fingerprint density at radius 2 is 2.38 bits per heavy atom. The van der Waals surface area contributed by atoms with Crippen LogP contribution >= 0.6 is 0 Å². The lowest BCUT2D eigenvalue weighted by Crippen LogP contribution is -2.61. The number of hydrogen-bond acceptors (Lipinski definition) is 4. The topological polar surface area (TPSA) is 60.1 Å². The van der Waals surface area contributed by atoms with E-state index in [0.29, 0.717) is 18.8 Å². The fraction of sp³-hybridized carbons (Fsp3) is 0.500. The molecule has 16 heavy (non-hydrogen) atoms. The van der Waals surface area contributed by atoms with Crippen LogP contribution in [0.4, 0.5) is 5.69 Å². The highest BCUT2D eigenvalue weighted by atomic mass is 16.3. The van der Waals surface area contributed by atoms with E-state index in [-0.39, 0.29) is 0 Å². The van der Waals surface area contributed by atoms with Crippen molar-refractivity contribution in [3.8, 4) is 6.07 Å². The Morgan fingerprint density at radius 3 is 3.00 bits per heavy atom. The Hall–Kier alpha value is -1.60. The lowest BCUT2D eigenvalue weighted by atomic mass is 9.89. The van der Waals surface area contributed by atoms with Gasteiger partial charge in [0.05, 0.1) is 5.60 Å². The summed E-state index contributed by atoms with van der Waals surface area (Å²) in [5.41, 5.74) is 0.848. The summed E-state index contributed by atoms with van der Waals surface area (Å²) < 4.78 is 0. The molecule has 0 atom stereocenters. The minimum atomic E-state index is -0.537. The lowest BCUT2D eigenvalue weighted by molar-refractivity contribution is 0.00339. The Kier molecular flexibility index (Phi) is 2.80. The molecule has 0 bridgehead atoms. The van der Waals surface area contributed by atoms with Gasteiger partial charge in [0, 0.05) is 25.0 Å². The van der Waals surface area contributed by atoms with E-state index in [2.05, 4.69) is 16.8 Å². The Labute approximate surface area is 95.1 Å². The van der Waals surface area contributed by atoms with E-state index >= 15 is 0 Å². The Morgan fingerprint density at radius 1 is 1.62 bits per heavy atom. The summed E-state index contributed by atoms with van der Waals surface area (Å²) in [6.45, 7) is 3.37. The van der Waals surface area contributed by atoms with Crippen LogP contribution in [-0.4, -0.2) is 28.8 Å². The first-order valence-electron chi connectivity index (χ1n) is 5.50. The van der Waals surface area contributed by atoms with Gasteiger partial charge in [0.2, 0.25) is 0 Å². The predicted octanol–water partition coefficient (Wildman–Crippen LogP) is 1.30. The van der Waals surface area contributed by atoms with Crippen molar-refractivity contribution in [3.05, 3.63) is 24.0 Å². The zero-order chi connectivity index (χ0) is 11.6. The van der Waals surface area contributed by atoms with Gasteiger partial charge in [0.25, 0.3) is 0 Å². The normalized spacial score (nSPS) is 17.7. The molecule has 0 unspecified atom stereocenters. The molecule has 0 amide bonds. The number of rotatable bonds is 3. The summed E-state index contributed by atoms with van der Waals surface area (Å²) in [4.78, 5) is 5.99. The fourth-order valence-corrected chi connectivity index (χ4v) is 2.15. The largest absolute Gasteiger partial charge is 0.386 e. The highest BCUT2D eigenvalue weighted by molar-refractivity contribution is 5.52. The molecule has 1 saturated heterocycles. The number of aromatic nitrogens is 1. The highest BCUT2D eigenvalue weighted by Gasteiger charge is 2.40. The summed E-state index contributed by atoms with van der Waals surface area (Å²) >= 11 is 0. The summed E-state index contributed by atoms with van der Waals surface area (Å²) in [5, 5.41) is 18.8. The first kappa shape index (κ1) is 10.9. The summed E-state index contributed by atoms with van der Waals surface area (Å²) in [6.07, 6.45) is 3.45. The molecule has 1 aliphatic heterocycles. The van der Waals surface area contributed by atoms with E-state index in [4.69, 9.17) is 5.26 Å². The lowest BCUT2D eigenvalue weighted by Gasteiger charge is -2.48. The quantitative estimate of drug-likeness (QED) is 0.829. The molecule has 4 nitrogen and oxygen atoms in total. The molecular formula is C12H15N3O. The second-order valence-corrected chi connectivity index (χ2v) is 4.34. The molecule has 4 heteroatoms. The van der Waals surface area contributed by atoms with Crippen LogP contribution in [0.3, 0.4) is 0 Å². The third-order valence-corrected chi connectivity index (χ3v) is 2.91. The van der Waals surface area contributed by atoms with Crippen molar-refractivity contribution in [2.45, 2.75) is 25.4 Å². The SMILES string of the molecule is CCCC1(O)CN(c2ccnc(C#N)c2)C1. The third-order valence-electron chi connectivity index (χ3n) is 2.91. The number of β-amino-alcohol motifs (C(OH)–C–C–N with tert-alkyl or cyclic N) is 1. The number of aliphatic hydroxyl groups is 1. The zero-order valence-electron chi connectivity index (χ0n) is 9.35. The van der Waals surface area contributed by atoms with Gasteiger partial charge in [-0.25, -0.2) is 4.98 Å². The number of anilines is 1. The van der Waals surface area contributed by atoms with Gasteiger partial charge in [-0.2, -0.15) is 5.26 Å². The Bertz CT molecular complexity index is 419. The first-order valence-corrected chi connectivity index (χ1v) is 5.50. The molecular weight excluding hydrogens is 202 g/mol. The highest BCUT2D eigenvalue weighted by Crippen LogP contribution is 2.30. The fourth-order valence-electron chi connectivity index (χ4n) is 2.15. The molecule has 0 aromatic carbocycles. The van der Waals surface area contributed by atoms with E-state index in [1.807, 2.05) is 12.1 Å². The van der Waals surface area contributed by atoms with E-state index in [1.165, 1.54) is 0 Å². The minimum absolute atomic E-state index is 0.420. The molecule has 2 heterocycles. The van der Waals surface area contributed by atoms with Gasteiger partial charge in [-0.05, 0) is 18.6 Å². The molecule has 1 aromatic heterocycles. The van der Waals surface area contributed by atoms with Gasteiger partial charge in [-0.1, -0.05) is 13.3 Å². The molecule has 1 fully saturated rings. The van der Waals surface area contributed by atoms with Gasteiger partial charge in [0.15, 0.2) is 0 Å². The molecule has 1 N–H and O–H groups in total. The molecule has 0 spiro atoms. The number of hydrogen-bond donors (Lipinski definition) is 1. The van der Waals surface area contributed by atoms with Crippen LogP contribution in [-0.2, 0) is 0 Å². The van der Waals surface area contributed by atoms with Crippen molar-refractivity contribution >= 4 is 5.69 Å². The van der Waals surface area contributed by atoms with Crippen molar-refractivity contribution < 1.29 is 5.11 Å². The van der Waals surface area contributed by atoms with Crippen LogP contribution in [0.15, 0.2) is 18.3 Å². The van der Waals surface area contributed by atoms with Crippen molar-refractivity contribution in [2.75, 3.05) is 18.0 Å². The zero-order valence-corrected chi connectivity index (χ0v) is 9.35. The maximum atomic E-state index is 10.0. The molecule has 0 aliphatic carbocycles. The van der Waals surface area contributed by atoms with Crippen LogP contribution in [0, 0.1) is 11.3 Å². The van der Waals surface area contributed by atoms with Crippen LogP contribution in [0.2, 0.25) is 0 Å². The van der Waals surface area contributed by atoms with E-state index < -0.39 is 5.60 Å². The first-order chi connectivity index (χ1) is 7.67. The number of nitriles is 1. The summed E-state index contributed by atoms with van der Waals surface area (Å²) in [6, 6.07) is 5.64. The van der Waals surface area contributed by atoms with Crippen LogP contribution in [0.1, 0.15) is 25.5 Å².